The SMILES string of the molecule is COC1CC(C(=O)O)N(C(=O)Cc2csc(Cc3ccc(F)cc3)n2)C1. The van der Waals surface area contributed by atoms with Gasteiger partial charge in [-0.15, -0.1) is 11.3 Å². The molecule has 0 saturated carbocycles. The van der Waals surface area contributed by atoms with Crippen molar-refractivity contribution in [3.63, 3.8) is 0 Å². The quantitative estimate of drug-likeness (QED) is 0.833. The molecule has 8 heteroatoms. The van der Waals surface area contributed by atoms with Crippen LogP contribution in [0.15, 0.2) is 29.6 Å². The largest absolute Gasteiger partial charge is 0.480 e. The molecule has 1 fully saturated rings. The number of thiazole rings is 1. The summed E-state index contributed by atoms with van der Waals surface area (Å²) in [5, 5.41) is 11.9. The molecule has 1 aliphatic rings. The fraction of sp³-hybridized carbons (Fsp3) is 0.389. The minimum absolute atomic E-state index is 0.0557. The van der Waals surface area contributed by atoms with Crippen molar-refractivity contribution in [1.82, 2.24) is 9.88 Å². The molecule has 6 nitrogen and oxygen atoms in total. The zero-order valence-corrected chi connectivity index (χ0v) is 15.0. The lowest BCUT2D eigenvalue weighted by atomic mass is 10.1. The van der Waals surface area contributed by atoms with Crippen LogP contribution in [0.5, 0.6) is 0 Å². The summed E-state index contributed by atoms with van der Waals surface area (Å²) in [5.74, 6) is -1.57. The lowest BCUT2D eigenvalue weighted by Crippen LogP contribution is -2.41. The summed E-state index contributed by atoms with van der Waals surface area (Å²) in [6, 6.07) is 5.35. The number of rotatable bonds is 6. The van der Waals surface area contributed by atoms with Crippen molar-refractivity contribution in [2.45, 2.75) is 31.4 Å². The summed E-state index contributed by atoms with van der Waals surface area (Å²) in [6.45, 7) is 0.277. The Balaban J connectivity index is 1.63. The number of carbonyl (C=O) groups is 2. The molecule has 0 bridgehead atoms. The normalized spacial score (nSPS) is 19.7. The van der Waals surface area contributed by atoms with E-state index in [4.69, 9.17) is 4.74 Å². The molecule has 3 rings (SSSR count). The van der Waals surface area contributed by atoms with Crippen molar-refractivity contribution in [3.05, 3.63) is 51.7 Å². The fourth-order valence-electron chi connectivity index (χ4n) is 3.02. The number of amides is 1. The Morgan fingerprint density at radius 1 is 1.38 bits per heavy atom. The van der Waals surface area contributed by atoms with E-state index in [2.05, 4.69) is 4.98 Å². The molecular formula is C18H19FN2O4S. The number of nitrogens with zero attached hydrogens (tertiary/aromatic N) is 2. The standard InChI is InChI=1S/C18H19FN2O4S/c1-25-14-8-15(18(23)24)21(9-14)17(22)7-13-10-26-16(20-13)6-11-2-4-12(19)5-3-11/h2-5,10,14-15H,6-9H2,1H3,(H,23,24). The molecule has 2 heterocycles. The number of ether oxygens (including phenoxy) is 1. The predicted molar refractivity (Wildman–Crippen MR) is 93.6 cm³/mol. The highest BCUT2D eigenvalue weighted by Gasteiger charge is 2.39. The van der Waals surface area contributed by atoms with Crippen LogP contribution in [0, 0.1) is 5.82 Å². The molecule has 2 aromatic rings. The summed E-state index contributed by atoms with van der Waals surface area (Å²) >= 11 is 1.43. The lowest BCUT2D eigenvalue weighted by Gasteiger charge is -2.20. The molecule has 26 heavy (non-hydrogen) atoms. The van der Waals surface area contributed by atoms with E-state index in [1.165, 1.54) is 35.5 Å². The van der Waals surface area contributed by atoms with E-state index in [1.807, 2.05) is 0 Å². The van der Waals surface area contributed by atoms with Gasteiger partial charge in [0.2, 0.25) is 5.91 Å². The maximum Gasteiger partial charge on any atom is 0.326 e. The van der Waals surface area contributed by atoms with Crippen LogP contribution in [-0.4, -0.2) is 52.7 Å². The maximum absolute atomic E-state index is 13.0. The summed E-state index contributed by atoms with van der Waals surface area (Å²) in [6.07, 6.45) is 0.654. The third-order valence-corrected chi connectivity index (χ3v) is 5.30. The smallest absolute Gasteiger partial charge is 0.326 e. The first-order valence-corrected chi connectivity index (χ1v) is 9.07. The Morgan fingerprint density at radius 2 is 2.12 bits per heavy atom. The number of carbonyl (C=O) groups excluding carboxylic acids is 1. The highest BCUT2D eigenvalue weighted by Crippen LogP contribution is 2.22. The van der Waals surface area contributed by atoms with Crippen molar-refractivity contribution in [2.75, 3.05) is 13.7 Å². The molecule has 138 valence electrons. The van der Waals surface area contributed by atoms with Crippen molar-refractivity contribution < 1.29 is 23.8 Å². The average molecular weight is 378 g/mol. The predicted octanol–water partition coefficient (Wildman–Crippen LogP) is 2.12. The van der Waals surface area contributed by atoms with Crippen LogP contribution in [0.25, 0.3) is 0 Å². The first-order chi connectivity index (χ1) is 12.5. The number of methoxy groups -OCH3 is 1. The van der Waals surface area contributed by atoms with Crippen LogP contribution in [-0.2, 0) is 27.2 Å². The van der Waals surface area contributed by atoms with Crippen LogP contribution < -0.4 is 0 Å². The number of aromatic nitrogens is 1. The molecule has 1 aromatic carbocycles. The van der Waals surface area contributed by atoms with E-state index >= 15 is 0 Å². The molecule has 1 N–H and O–H groups in total. The molecule has 1 amide bonds. The molecular weight excluding hydrogens is 359 g/mol. The summed E-state index contributed by atoms with van der Waals surface area (Å²) in [7, 11) is 1.51. The Bertz CT molecular complexity index is 793. The monoisotopic (exact) mass is 378 g/mol. The van der Waals surface area contributed by atoms with Crippen LogP contribution in [0.4, 0.5) is 4.39 Å². The van der Waals surface area contributed by atoms with Gasteiger partial charge in [0.1, 0.15) is 11.9 Å². The Labute approximate surface area is 154 Å². The van der Waals surface area contributed by atoms with E-state index in [0.29, 0.717) is 18.5 Å². The first-order valence-electron chi connectivity index (χ1n) is 8.19. The molecule has 1 saturated heterocycles. The second kappa shape index (κ2) is 7.92. The number of benzene rings is 1. The minimum atomic E-state index is -1.02. The van der Waals surface area contributed by atoms with Gasteiger partial charge in [-0.1, -0.05) is 12.1 Å². The number of aliphatic carboxylic acids is 1. The van der Waals surface area contributed by atoms with Crippen molar-refractivity contribution in [2.24, 2.45) is 0 Å². The molecule has 1 aliphatic heterocycles. The lowest BCUT2D eigenvalue weighted by molar-refractivity contribution is -0.148. The van der Waals surface area contributed by atoms with Crippen LogP contribution in [0.1, 0.15) is 22.7 Å². The van der Waals surface area contributed by atoms with Crippen LogP contribution in [0.3, 0.4) is 0 Å². The number of hydrogen-bond donors (Lipinski definition) is 1. The van der Waals surface area contributed by atoms with Gasteiger partial charge in [-0.2, -0.15) is 0 Å². The molecule has 2 unspecified atom stereocenters. The van der Waals surface area contributed by atoms with Gasteiger partial charge in [0.05, 0.1) is 23.2 Å². The summed E-state index contributed by atoms with van der Waals surface area (Å²) in [5.41, 5.74) is 1.55. The number of carboxylic acid groups (broad SMARTS) is 1. The zero-order chi connectivity index (χ0) is 18.7. The van der Waals surface area contributed by atoms with Gasteiger partial charge in [0.25, 0.3) is 0 Å². The average Bonchev–Trinajstić information content (AvgIpc) is 3.23. The van der Waals surface area contributed by atoms with Crippen molar-refractivity contribution in [3.8, 4) is 0 Å². The van der Waals surface area contributed by atoms with E-state index in [-0.39, 0.29) is 30.8 Å². The maximum atomic E-state index is 13.0. The second-order valence-corrected chi connectivity index (χ2v) is 7.15. The van der Waals surface area contributed by atoms with Crippen LogP contribution >= 0.6 is 11.3 Å². The minimum Gasteiger partial charge on any atom is -0.480 e. The fourth-order valence-corrected chi connectivity index (χ4v) is 3.85. The van der Waals surface area contributed by atoms with Gasteiger partial charge in [-0.25, -0.2) is 14.2 Å². The molecule has 0 spiro atoms. The Kier molecular flexibility index (Phi) is 5.63. The highest BCUT2D eigenvalue weighted by molar-refractivity contribution is 7.09. The number of carboxylic acids is 1. The molecule has 0 aliphatic carbocycles. The Hall–Kier alpha value is -2.32. The van der Waals surface area contributed by atoms with Gasteiger partial charge in [-0.3, -0.25) is 4.79 Å². The van der Waals surface area contributed by atoms with Crippen LogP contribution in [0.2, 0.25) is 0 Å². The first kappa shape index (κ1) is 18.5. The topological polar surface area (TPSA) is 79.7 Å². The zero-order valence-electron chi connectivity index (χ0n) is 14.2. The van der Waals surface area contributed by atoms with Gasteiger partial charge in [-0.05, 0) is 17.7 Å². The van der Waals surface area contributed by atoms with Crippen molar-refractivity contribution in [1.29, 1.82) is 0 Å². The summed E-state index contributed by atoms with van der Waals surface area (Å²) < 4.78 is 18.2. The van der Waals surface area contributed by atoms with E-state index < -0.39 is 12.0 Å². The van der Waals surface area contributed by atoms with Gasteiger partial charge in [0, 0.05) is 31.9 Å². The van der Waals surface area contributed by atoms with Crippen molar-refractivity contribution >= 4 is 23.2 Å². The van der Waals surface area contributed by atoms with E-state index in [0.717, 1.165) is 10.6 Å². The van der Waals surface area contributed by atoms with Gasteiger partial charge < -0.3 is 14.7 Å². The summed E-state index contributed by atoms with van der Waals surface area (Å²) in [4.78, 5) is 29.7. The Morgan fingerprint density at radius 3 is 2.77 bits per heavy atom. The van der Waals surface area contributed by atoms with Gasteiger partial charge in [0.15, 0.2) is 0 Å². The molecule has 1 aromatic heterocycles. The second-order valence-electron chi connectivity index (χ2n) is 6.21. The molecule has 2 atom stereocenters. The van der Waals surface area contributed by atoms with E-state index in [1.54, 1.807) is 17.5 Å². The van der Waals surface area contributed by atoms with E-state index in [9.17, 15) is 19.1 Å². The number of halogens is 1. The van der Waals surface area contributed by atoms with Gasteiger partial charge >= 0.3 is 5.97 Å². The molecule has 0 radical (unpaired) electrons. The third-order valence-electron chi connectivity index (χ3n) is 4.40. The number of likely N-dealkylation sites (tertiary alicyclic amines) is 1. The third kappa shape index (κ3) is 4.25. The number of hydrogen-bond acceptors (Lipinski definition) is 5. The highest BCUT2D eigenvalue weighted by atomic mass is 32.1.